The topological polar surface area (TPSA) is 42.9 Å². The number of nitrogens with zero attached hydrogens (tertiary/aromatic N) is 2. The summed E-state index contributed by atoms with van der Waals surface area (Å²) in [5, 5.41) is 1.88. The van der Waals surface area contributed by atoms with Gasteiger partial charge in [0, 0.05) is 17.9 Å². The highest BCUT2D eigenvalue weighted by Crippen LogP contribution is 2.37. The molecule has 2 aromatic carbocycles. The second kappa shape index (κ2) is 5.92. The van der Waals surface area contributed by atoms with Gasteiger partial charge in [-0.1, -0.05) is 48.0 Å². The van der Waals surface area contributed by atoms with Crippen LogP contribution in [-0.2, 0) is 0 Å². The summed E-state index contributed by atoms with van der Waals surface area (Å²) >= 11 is 2.88. The van der Waals surface area contributed by atoms with Crippen LogP contribution in [0.25, 0.3) is 32.0 Å². The molecule has 118 valence electrons. The molecule has 0 aliphatic heterocycles. The van der Waals surface area contributed by atoms with Crippen molar-refractivity contribution in [1.82, 2.24) is 9.36 Å². The van der Waals surface area contributed by atoms with E-state index in [0.29, 0.717) is 4.88 Å². The molecule has 24 heavy (non-hydrogen) atoms. The van der Waals surface area contributed by atoms with E-state index in [9.17, 15) is 4.79 Å². The lowest BCUT2D eigenvalue weighted by Gasteiger charge is -2.00. The first kappa shape index (κ1) is 15.2. The second-order valence-electron chi connectivity index (χ2n) is 5.65. The summed E-state index contributed by atoms with van der Waals surface area (Å²) in [6, 6.07) is 16.2. The molecule has 0 radical (unpaired) electrons. The zero-order valence-corrected chi connectivity index (χ0v) is 14.9. The van der Waals surface area contributed by atoms with Gasteiger partial charge in [0.25, 0.3) is 0 Å². The van der Waals surface area contributed by atoms with E-state index in [1.807, 2.05) is 43.3 Å². The molecule has 2 aromatic heterocycles. The van der Waals surface area contributed by atoms with Gasteiger partial charge < -0.3 is 0 Å². The molecule has 0 fully saturated rings. The third-order valence-corrected chi connectivity index (χ3v) is 5.84. The van der Waals surface area contributed by atoms with Gasteiger partial charge in [-0.3, -0.25) is 4.79 Å². The summed E-state index contributed by atoms with van der Waals surface area (Å²) in [7, 11) is 0. The number of carbonyl (C=O) groups excluding carboxylic acids is 1. The van der Waals surface area contributed by atoms with Gasteiger partial charge in [-0.2, -0.15) is 4.37 Å². The van der Waals surface area contributed by atoms with Crippen LogP contribution in [0.4, 0.5) is 0 Å². The quantitative estimate of drug-likeness (QED) is 0.452. The van der Waals surface area contributed by atoms with Crippen molar-refractivity contribution in [3.63, 3.8) is 0 Å². The van der Waals surface area contributed by atoms with Crippen LogP contribution in [0, 0.1) is 6.92 Å². The minimum absolute atomic E-state index is 0.0360. The molecule has 0 aliphatic carbocycles. The summed E-state index contributed by atoms with van der Waals surface area (Å²) in [4.78, 5) is 17.6. The van der Waals surface area contributed by atoms with Crippen LogP contribution in [0.1, 0.15) is 22.2 Å². The van der Waals surface area contributed by atoms with Crippen LogP contribution in [-0.4, -0.2) is 15.1 Å². The predicted molar refractivity (Wildman–Crippen MR) is 101 cm³/mol. The first-order chi connectivity index (χ1) is 11.6. The van der Waals surface area contributed by atoms with Crippen molar-refractivity contribution in [1.29, 1.82) is 0 Å². The molecule has 0 N–H and O–H groups in total. The molecule has 0 amide bonds. The highest BCUT2D eigenvalue weighted by Gasteiger charge is 2.20. The number of thiazole rings is 1. The molecular weight excluding hydrogens is 336 g/mol. The highest BCUT2D eigenvalue weighted by atomic mass is 32.1. The minimum Gasteiger partial charge on any atom is -0.294 e. The number of Topliss-reactive ketones (excluding diaryl/α,β-unsaturated/α-hetero) is 1. The molecule has 0 bridgehead atoms. The smallest absolute Gasteiger partial charge is 0.172 e. The number of hydrogen-bond donors (Lipinski definition) is 0. The third kappa shape index (κ3) is 2.56. The molecule has 3 nitrogen and oxygen atoms in total. The number of hydrogen-bond acceptors (Lipinski definition) is 5. The molecule has 5 heteroatoms. The number of fused-ring (bicyclic) bond motifs is 1. The van der Waals surface area contributed by atoms with Gasteiger partial charge >= 0.3 is 0 Å². The maximum absolute atomic E-state index is 12.1. The standard InChI is InChI=1S/C19H14N2OS2/c1-11-7-9-13(10-8-11)16-18(12(2)22)23-19(20-16)17-14-5-3-4-6-15(14)24-21-17/h3-10H,1-2H3. The maximum atomic E-state index is 12.1. The van der Waals surface area contributed by atoms with Gasteiger partial charge in [0.2, 0.25) is 0 Å². The summed E-state index contributed by atoms with van der Waals surface area (Å²) in [6.45, 7) is 3.64. The number of aromatic nitrogens is 2. The van der Waals surface area contributed by atoms with Crippen molar-refractivity contribution in [3.8, 4) is 22.0 Å². The van der Waals surface area contributed by atoms with E-state index in [-0.39, 0.29) is 5.78 Å². The van der Waals surface area contributed by atoms with Gasteiger partial charge in [-0.05, 0) is 24.5 Å². The summed E-state index contributed by atoms with van der Waals surface area (Å²) < 4.78 is 5.69. The SMILES string of the molecule is CC(=O)c1sc(-c2nsc3ccccc23)nc1-c1ccc(C)cc1. The molecule has 2 heterocycles. The van der Waals surface area contributed by atoms with E-state index >= 15 is 0 Å². The van der Waals surface area contributed by atoms with Gasteiger partial charge in [-0.25, -0.2) is 4.98 Å². The van der Waals surface area contributed by atoms with Gasteiger partial charge in [0.15, 0.2) is 5.78 Å². The summed E-state index contributed by atoms with van der Waals surface area (Å²) in [5.41, 5.74) is 3.76. The van der Waals surface area contributed by atoms with Crippen molar-refractivity contribution in [2.75, 3.05) is 0 Å². The van der Waals surface area contributed by atoms with Crippen molar-refractivity contribution in [3.05, 3.63) is 59.0 Å². The Hall–Kier alpha value is -2.37. The Balaban J connectivity index is 1.90. The molecular formula is C19H14N2OS2. The van der Waals surface area contributed by atoms with E-state index in [1.165, 1.54) is 28.4 Å². The van der Waals surface area contributed by atoms with Crippen LogP contribution in [0.5, 0.6) is 0 Å². The van der Waals surface area contributed by atoms with E-state index in [2.05, 4.69) is 16.5 Å². The largest absolute Gasteiger partial charge is 0.294 e. The zero-order chi connectivity index (χ0) is 16.7. The van der Waals surface area contributed by atoms with Crippen LogP contribution in [0.2, 0.25) is 0 Å². The molecule has 0 saturated heterocycles. The fourth-order valence-electron chi connectivity index (χ4n) is 2.61. The van der Waals surface area contributed by atoms with E-state index < -0.39 is 0 Å². The first-order valence-electron chi connectivity index (χ1n) is 7.57. The van der Waals surface area contributed by atoms with E-state index in [1.54, 1.807) is 6.92 Å². The fourth-order valence-corrected chi connectivity index (χ4v) is 4.43. The third-order valence-electron chi connectivity index (χ3n) is 3.85. The Kier molecular flexibility index (Phi) is 3.75. The average molecular weight is 350 g/mol. The monoisotopic (exact) mass is 350 g/mol. The highest BCUT2D eigenvalue weighted by molar-refractivity contribution is 7.18. The van der Waals surface area contributed by atoms with Gasteiger partial charge in [0.1, 0.15) is 10.7 Å². The van der Waals surface area contributed by atoms with E-state index in [0.717, 1.165) is 32.0 Å². The molecule has 0 saturated carbocycles. The van der Waals surface area contributed by atoms with E-state index in [4.69, 9.17) is 4.98 Å². The lowest BCUT2D eigenvalue weighted by molar-refractivity contribution is 0.102. The molecule has 0 aliphatic rings. The molecule has 4 aromatic rings. The molecule has 0 spiro atoms. The predicted octanol–water partition coefficient (Wildman–Crippen LogP) is 5.60. The Morgan fingerprint density at radius 1 is 1.00 bits per heavy atom. The molecule has 0 unspecified atom stereocenters. The Bertz CT molecular complexity index is 1040. The molecule has 0 atom stereocenters. The lowest BCUT2D eigenvalue weighted by atomic mass is 10.1. The number of benzene rings is 2. The number of carbonyl (C=O) groups is 1. The Morgan fingerprint density at radius 3 is 2.50 bits per heavy atom. The maximum Gasteiger partial charge on any atom is 0.172 e. The summed E-state index contributed by atoms with van der Waals surface area (Å²) in [5.74, 6) is 0.0360. The number of aryl methyl sites for hydroxylation is 1. The normalized spacial score (nSPS) is 11.1. The lowest BCUT2D eigenvalue weighted by Crippen LogP contribution is -1.91. The van der Waals surface area contributed by atoms with Crippen molar-refractivity contribution >= 4 is 38.7 Å². The Labute approximate surface area is 147 Å². The van der Waals surface area contributed by atoms with Crippen LogP contribution < -0.4 is 0 Å². The van der Waals surface area contributed by atoms with Crippen molar-refractivity contribution < 1.29 is 4.79 Å². The summed E-state index contributed by atoms with van der Waals surface area (Å²) in [6.07, 6.45) is 0. The van der Waals surface area contributed by atoms with Gasteiger partial charge in [0.05, 0.1) is 15.3 Å². The van der Waals surface area contributed by atoms with Crippen molar-refractivity contribution in [2.45, 2.75) is 13.8 Å². The second-order valence-corrected chi connectivity index (χ2v) is 7.45. The fraction of sp³-hybridized carbons (Fsp3) is 0.105. The first-order valence-corrected chi connectivity index (χ1v) is 9.16. The van der Waals surface area contributed by atoms with Crippen LogP contribution in [0.15, 0.2) is 48.5 Å². The average Bonchev–Trinajstić information content (AvgIpc) is 3.19. The van der Waals surface area contributed by atoms with Crippen LogP contribution >= 0.6 is 22.9 Å². The zero-order valence-electron chi connectivity index (χ0n) is 13.2. The Morgan fingerprint density at radius 2 is 1.75 bits per heavy atom. The van der Waals surface area contributed by atoms with Crippen LogP contribution in [0.3, 0.4) is 0 Å². The van der Waals surface area contributed by atoms with Crippen molar-refractivity contribution in [2.24, 2.45) is 0 Å². The van der Waals surface area contributed by atoms with Gasteiger partial charge in [-0.15, -0.1) is 11.3 Å². The molecule has 4 rings (SSSR count). The number of rotatable bonds is 3. The number of ketones is 1. The minimum atomic E-state index is 0.0360.